The summed E-state index contributed by atoms with van der Waals surface area (Å²) >= 11 is 0. The van der Waals surface area contributed by atoms with Crippen LogP contribution >= 0.6 is 7.80 Å². The minimum absolute atomic E-state index is 0.589. The molecular formula is C4H7O2P. The van der Waals surface area contributed by atoms with Gasteiger partial charge in [0.1, 0.15) is 13.6 Å². The van der Waals surface area contributed by atoms with E-state index in [1.54, 1.807) is 12.2 Å². The average molecular weight is 118 g/mol. The predicted molar refractivity (Wildman–Crippen MR) is 29.0 cm³/mol. The number of hydrogen-bond acceptors (Lipinski definition) is 2. The molecule has 0 aromatic carbocycles. The van der Waals surface area contributed by atoms with Gasteiger partial charge in [0, 0.05) is 6.16 Å². The molecule has 2 atom stereocenters. The molecule has 7 heavy (non-hydrogen) atoms. The lowest BCUT2D eigenvalue weighted by atomic mass is 10.6. The standard InChI is InChI=1S/C4H7O2P/c5-4-2-1-3-7(4)6/h1-2,4-5,7H,3H2. The highest BCUT2D eigenvalue weighted by Gasteiger charge is 2.11. The molecule has 1 heterocycles. The monoisotopic (exact) mass is 118 g/mol. The third kappa shape index (κ3) is 0.929. The van der Waals surface area contributed by atoms with Crippen molar-refractivity contribution in [3.05, 3.63) is 12.2 Å². The number of allylic oxidation sites excluding steroid dienone is 1. The van der Waals surface area contributed by atoms with Gasteiger partial charge in [0.15, 0.2) is 0 Å². The zero-order chi connectivity index (χ0) is 5.28. The Morgan fingerprint density at radius 1 is 1.86 bits per heavy atom. The van der Waals surface area contributed by atoms with E-state index in [0.717, 1.165) is 0 Å². The van der Waals surface area contributed by atoms with Gasteiger partial charge in [-0.3, -0.25) is 0 Å². The SMILES string of the molecule is O=[PH]1CC=CC1O. The highest BCUT2D eigenvalue weighted by atomic mass is 31.1. The molecular weight excluding hydrogens is 111 g/mol. The van der Waals surface area contributed by atoms with Crippen LogP contribution in [0.15, 0.2) is 12.2 Å². The number of hydrogen-bond donors (Lipinski definition) is 1. The zero-order valence-corrected chi connectivity index (χ0v) is 4.79. The summed E-state index contributed by atoms with van der Waals surface area (Å²) < 4.78 is 10.4. The van der Waals surface area contributed by atoms with Gasteiger partial charge in [-0.15, -0.1) is 0 Å². The Hall–Kier alpha value is -0.0700. The molecule has 0 aliphatic carbocycles. The van der Waals surface area contributed by atoms with Crippen molar-refractivity contribution in [3.8, 4) is 0 Å². The van der Waals surface area contributed by atoms with Crippen molar-refractivity contribution in [1.82, 2.24) is 0 Å². The van der Waals surface area contributed by atoms with E-state index >= 15 is 0 Å². The van der Waals surface area contributed by atoms with E-state index in [1.807, 2.05) is 0 Å². The fraction of sp³-hybridized carbons (Fsp3) is 0.500. The smallest absolute Gasteiger partial charge is 0.123 e. The maximum Gasteiger partial charge on any atom is 0.123 e. The molecule has 0 bridgehead atoms. The maximum atomic E-state index is 10.4. The summed E-state index contributed by atoms with van der Waals surface area (Å²) in [6.45, 7) is 0. The third-order valence-corrected chi connectivity index (χ3v) is 2.46. The molecule has 0 fully saturated rings. The molecule has 0 aromatic rings. The third-order valence-electron chi connectivity index (χ3n) is 0.967. The molecule has 3 heteroatoms. The first-order valence-corrected chi connectivity index (χ1v) is 3.87. The van der Waals surface area contributed by atoms with Crippen molar-refractivity contribution < 1.29 is 9.67 Å². The van der Waals surface area contributed by atoms with Crippen LogP contribution in [0.4, 0.5) is 0 Å². The average Bonchev–Trinajstić information content (AvgIpc) is 1.91. The van der Waals surface area contributed by atoms with Crippen molar-refractivity contribution in [2.45, 2.75) is 5.85 Å². The molecule has 1 aliphatic heterocycles. The van der Waals surface area contributed by atoms with Crippen LogP contribution < -0.4 is 0 Å². The van der Waals surface area contributed by atoms with Crippen LogP contribution in [0.25, 0.3) is 0 Å². The van der Waals surface area contributed by atoms with Gasteiger partial charge in [-0.1, -0.05) is 12.2 Å². The van der Waals surface area contributed by atoms with E-state index in [4.69, 9.17) is 5.11 Å². The van der Waals surface area contributed by atoms with Gasteiger partial charge < -0.3 is 9.67 Å². The lowest BCUT2D eigenvalue weighted by Crippen LogP contribution is -1.87. The first-order valence-electron chi connectivity index (χ1n) is 2.18. The Bertz CT molecular complexity index is 119. The summed E-state index contributed by atoms with van der Waals surface area (Å²) in [5.74, 6) is -0.620. The molecule has 0 amide bonds. The summed E-state index contributed by atoms with van der Waals surface area (Å²) in [5, 5.41) is 8.64. The number of rotatable bonds is 0. The van der Waals surface area contributed by atoms with Gasteiger partial charge in [0.2, 0.25) is 0 Å². The van der Waals surface area contributed by atoms with Crippen molar-refractivity contribution in [3.63, 3.8) is 0 Å². The minimum atomic E-state index is -1.64. The van der Waals surface area contributed by atoms with Crippen LogP contribution in [-0.2, 0) is 4.57 Å². The number of aliphatic hydroxyl groups excluding tert-OH is 1. The van der Waals surface area contributed by atoms with Crippen LogP contribution in [0.5, 0.6) is 0 Å². The van der Waals surface area contributed by atoms with E-state index in [1.165, 1.54) is 0 Å². The molecule has 0 radical (unpaired) electrons. The quantitative estimate of drug-likeness (QED) is 0.370. The lowest BCUT2D eigenvalue weighted by molar-refractivity contribution is 0.300. The summed E-state index contributed by atoms with van der Waals surface area (Å²) in [6.07, 6.45) is 3.93. The van der Waals surface area contributed by atoms with Gasteiger partial charge >= 0.3 is 0 Å². The fourth-order valence-electron chi connectivity index (χ4n) is 0.541. The second-order valence-electron chi connectivity index (χ2n) is 1.54. The Balaban J connectivity index is 2.62. The molecule has 1 N–H and O–H groups in total. The predicted octanol–water partition coefficient (Wildman–Crippen LogP) is 0.434. The van der Waals surface area contributed by atoms with E-state index in [-0.39, 0.29) is 0 Å². The van der Waals surface area contributed by atoms with Crippen LogP contribution in [0.1, 0.15) is 0 Å². The summed E-state index contributed by atoms with van der Waals surface area (Å²) in [5.41, 5.74) is 0. The van der Waals surface area contributed by atoms with Crippen LogP contribution in [0.3, 0.4) is 0 Å². The minimum Gasteiger partial charge on any atom is -0.382 e. The molecule has 2 nitrogen and oxygen atoms in total. The Kier molecular flexibility index (Phi) is 1.31. The molecule has 40 valence electrons. The lowest BCUT2D eigenvalue weighted by Gasteiger charge is -1.91. The fourth-order valence-corrected chi connectivity index (χ4v) is 1.50. The van der Waals surface area contributed by atoms with Crippen LogP contribution in [0.2, 0.25) is 0 Å². The van der Waals surface area contributed by atoms with E-state index < -0.39 is 13.6 Å². The van der Waals surface area contributed by atoms with Gasteiger partial charge in [0.25, 0.3) is 0 Å². The second kappa shape index (κ2) is 1.81. The van der Waals surface area contributed by atoms with Crippen LogP contribution in [-0.4, -0.2) is 17.1 Å². The van der Waals surface area contributed by atoms with Crippen molar-refractivity contribution in [1.29, 1.82) is 0 Å². The van der Waals surface area contributed by atoms with E-state index in [2.05, 4.69) is 0 Å². The van der Waals surface area contributed by atoms with Gasteiger partial charge in [-0.25, -0.2) is 0 Å². The Morgan fingerprint density at radius 2 is 2.57 bits per heavy atom. The summed E-state index contributed by atoms with van der Waals surface area (Å²) in [7, 11) is -1.64. The molecule has 1 aliphatic rings. The topological polar surface area (TPSA) is 37.3 Å². The molecule has 1 rings (SSSR count). The highest BCUT2D eigenvalue weighted by molar-refractivity contribution is 7.46. The zero-order valence-electron chi connectivity index (χ0n) is 3.79. The largest absolute Gasteiger partial charge is 0.382 e. The van der Waals surface area contributed by atoms with Gasteiger partial charge in [0.05, 0.1) is 0 Å². The summed E-state index contributed by atoms with van der Waals surface area (Å²) in [6, 6.07) is 0. The molecule has 0 aromatic heterocycles. The number of aliphatic hydroxyl groups is 1. The second-order valence-corrected chi connectivity index (χ2v) is 3.48. The maximum absolute atomic E-state index is 10.4. The normalized spacial score (nSPS) is 39.6. The first-order chi connectivity index (χ1) is 3.30. The van der Waals surface area contributed by atoms with Crippen molar-refractivity contribution >= 4 is 7.80 Å². The van der Waals surface area contributed by atoms with Crippen LogP contribution in [0, 0.1) is 0 Å². The Morgan fingerprint density at radius 3 is 2.71 bits per heavy atom. The van der Waals surface area contributed by atoms with Crippen molar-refractivity contribution in [2.24, 2.45) is 0 Å². The Labute approximate surface area is 42.6 Å². The van der Waals surface area contributed by atoms with Crippen molar-refractivity contribution in [2.75, 3.05) is 6.16 Å². The van der Waals surface area contributed by atoms with Gasteiger partial charge in [-0.2, -0.15) is 0 Å². The highest BCUT2D eigenvalue weighted by Crippen LogP contribution is 2.31. The summed E-state index contributed by atoms with van der Waals surface area (Å²) in [4.78, 5) is 0. The van der Waals surface area contributed by atoms with E-state index in [9.17, 15) is 4.57 Å². The van der Waals surface area contributed by atoms with Gasteiger partial charge in [-0.05, 0) is 0 Å². The molecule has 0 saturated heterocycles. The first kappa shape index (κ1) is 5.07. The molecule has 0 saturated carbocycles. The molecule has 0 spiro atoms. The molecule has 2 unspecified atom stereocenters. The van der Waals surface area contributed by atoms with E-state index in [0.29, 0.717) is 6.16 Å².